The molecular formula is C13H10ClN3O. The van der Waals surface area contributed by atoms with Gasteiger partial charge in [-0.05, 0) is 30.3 Å². The van der Waals surface area contributed by atoms with Crippen molar-refractivity contribution in [2.75, 3.05) is 11.5 Å². The van der Waals surface area contributed by atoms with Gasteiger partial charge < -0.3 is 15.9 Å². The van der Waals surface area contributed by atoms with Gasteiger partial charge in [0.05, 0.1) is 0 Å². The minimum absolute atomic E-state index is 0.478. The molecule has 5 heteroatoms. The molecule has 0 fully saturated rings. The molecule has 0 aliphatic carbocycles. The molecule has 3 aromatic rings. The normalized spacial score (nSPS) is 10.9. The molecule has 90 valence electrons. The Morgan fingerprint density at radius 2 is 1.72 bits per heavy atom. The minimum Gasteiger partial charge on any atom is -0.436 e. The molecule has 0 amide bonds. The summed E-state index contributed by atoms with van der Waals surface area (Å²) in [5.41, 5.74) is 14.8. The van der Waals surface area contributed by atoms with E-state index in [1.165, 1.54) is 0 Å². The van der Waals surface area contributed by atoms with E-state index in [1.807, 2.05) is 0 Å². The van der Waals surface area contributed by atoms with Crippen LogP contribution >= 0.6 is 11.6 Å². The highest BCUT2D eigenvalue weighted by molar-refractivity contribution is 6.31. The van der Waals surface area contributed by atoms with E-state index >= 15 is 0 Å². The van der Waals surface area contributed by atoms with Crippen molar-refractivity contribution in [1.29, 1.82) is 0 Å². The van der Waals surface area contributed by atoms with E-state index in [0.717, 1.165) is 11.1 Å². The van der Waals surface area contributed by atoms with Crippen molar-refractivity contribution in [3.8, 4) is 11.5 Å². The van der Waals surface area contributed by atoms with Crippen LogP contribution in [0.15, 0.2) is 40.8 Å². The second-order valence-electron chi connectivity index (χ2n) is 4.02. The maximum absolute atomic E-state index is 5.90. The molecule has 18 heavy (non-hydrogen) atoms. The van der Waals surface area contributed by atoms with Gasteiger partial charge in [-0.25, -0.2) is 4.98 Å². The maximum atomic E-state index is 5.90. The summed E-state index contributed by atoms with van der Waals surface area (Å²) in [5, 5.41) is 0.609. The van der Waals surface area contributed by atoms with Crippen molar-refractivity contribution in [3.05, 3.63) is 41.4 Å². The van der Waals surface area contributed by atoms with E-state index in [4.69, 9.17) is 27.5 Å². The first kappa shape index (κ1) is 10.9. The number of fused-ring (bicyclic) bond motifs is 1. The maximum Gasteiger partial charge on any atom is 0.227 e. The highest BCUT2D eigenvalue weighted by atomic mass is 35.5. The van der Waals surface area contributed by atoms with Gasteiger partial charge in [0.2, 0.25) is 5.89 Å². The van der Waals surface area contributed by atoms with Crippen LogP contribution < -0.4 is 11.5 Å². The fourth-order valence-electron chi connectivity index (χ4n) is 1.82. The van der Waals surface area contributed by atoms with Gasteiger partial charge in [-0.2, -0.15) is 0 Å². The van der Waals surface area contributed by atoms with Gasteiger partial charge in [-0.3, -0.25) is 0 Å². The number of halogens is 1. The zero-order chi connectivity index (χ0) is 12.7. The Morgan fingerprint density at radius 3 is 2.44 bits per heavy atom. The number of rotatable bonds is 1. The fraction of sp³-hybridized carbons (Fsp3) is 0. The Labute approximate surface area is 108 Å². The molecule has 0 saturated carbocycles. The molecular weight excluding hydrogens is 250 g/mol. The van der Waals surface area contributed by atoms with Crippen molar-refractivity contribution in [2.45, 2.75) is 0 Å². The summed E-state index contributed by atoms with van der Waals surface area (Å²) in [6, 6.07) is 10.5. The van der Waals surface area contributed by atoms with E-state index < -0.39 is 0 Å². The van der Waals surface area contributed by atoms with E-state index in [2.05, 4.69) is 4.98 Å². The first-order valence-corrected chi connectivity index (χ1v) is 5.72. The molecule has 3 rings (SSSR count). The summed E-state index contributed by atoms with van der Waals surface area (Å²) >= 11 is 5.90. The molecule has 0 spiro atoms. The Morgan fingerprint density at radius 1 is 1.00 bits per heavy atom. The summed E-state index contributed by atoms with van der Waals surface area (Å²) < 4.78 is 5.64. The summed E-state index contributed by atoms with van der Waals surface area (Å²) in [4.78, 5) is 4.37. The number of aromatic nitrogens is 1. The fourth-order valence-corrected chi connectivity index (χ4v) is 1.98. The lowest BCUT2D eigenvalue weighted by Crippen LogP contribution is -1.91. The molecule has 0 saturated heterocycles. The average molecular weight is 260 g/mol. The number of hydrogen-bond acceptors (Lipinski definition) is 4. The van der Waals surface area contributed by atoms with Crippen LogP contribution in [0.5, 0.6) is 0 Å². The van der Waals surface area contributed by atoms with Crippen LogP contribution in [-0.4, -0.2) is 4.98 Å². The van der Waals surface area contributed by atoms with E-state index in [0.29, 0.717) is 27.9 Å². The van der Waals surface area contributed by atoms with Crippen LogP contribution in [0.1, 0.15) is 0 Å². The molecule has 0 radical (unpaired) electrons. The number of benzene rings is 2. The highest BCUT2D eigenvalue weighted by Crippen LogP contribution is 2.28. The molecule has 1 aromatic heterocycles. The SMILES string of the molecule is Nc1cc(N)cc(-c2nc3ccc(Cl)cc3o2)c1. The summed E-state index contributed by atoms with van der Waals surface area (Å²) in [7, 11) is 0. The monoisotopic (exact) mass is 259 g/mol. The Bertz CT molecular complexity index is 716. The summed E-state index contributed by atoms with van der Waals surface area (Å²) in [5.74, 6) is 0.478. The van der Waals surface area contributed by atoms with Crippen molar-refractivity contribution in [3.63, 3.8) is 0 Å². The Hall–Kier alpha value is -2.20. The number of nitrogens with two attached hydrogens (primary N) is 2. The van der Waals surface area contributed by atoms with Gasteiger partial charge >= 0.3 is 0 Å². The number of anilines is 2. The van der Waals surface area contributed by atoms with Crippen molar-refractivity contribution < 1.29 is 4.42 Å². The molecule has 0 aliphatic heterocycles. The van der Waals surface area contributed by atoms with Crippen LogP contribution in [0.4, 0.5) is 11.4 Å². The molecule has 4 N–H and O–H groups in total. The molecule has 0 bridgehead atoms. The second kappa shape index (κ2) is 3.92. The van der Waals surface area contributed by atoms with E-state index in [9.17, 15) is 0 Å². The van der Waals surface area contributed by atoms with Crippen LogP contribution in [-0.2, 0) is 0 Å². The zero-order valence-electron chi connectivity index (χ0n) is 9.35. The zero-order valence-corrected chi connectivity index (χ0v) is 10.1. The van der Waals surface area contributed by atoms with Crippen LogP contribution in [0, 0.1) is 0 Å². The van der Waals surface area contributed by atoms with Gasteiger partial charge in [0.15, 0.2) is 5.58 Å². The molecule has 1 heterocycles. The van der Waals surface area contributed by atoms with Crippen molar-refractivity contribution >= 4 is 34.1 Å². The van der Waals surface area contributed by atoms with Crippen molar-refractivity contribution in [1.82, 2.24) is 4.98 Å². The third-order valence-electron chi connectivity index (χ3n) is 2.58. The molecule has 0 aliphatic rings. The average Bonchev–Trinajstić information content (AvgIpc) is 2.70. The summed E-state index contributed by atoms with van der Waals surface area (Å²) in [6.45, 7) is 0. The van der Waals surface area contributed by atoms with Gasteiger partial charge in [-0.15, -0.1) is 0 Å². The first-order chi connectivity index (χ1) is 8.61. The van der Waals surface area contributed by atoms with Gasteiger partial charge in [-0.1, -0.05) is 11.6 Å². The van der Waals surface area contributed by atoms with Gasteiger partial charge in [0, 0.05) is 28.0 Å². The van der Waals surface area contributed by atoms with Crippen LogP contribution in [0.25, 0.3) is 22.6 Å². The number of nitrogens with zero attached hydrogens (tertiary/aromatic N) is 1. The van der Waals surface area contributed by atoms with E-state index in [-0.39, 0.29) is 0 Å². The van der Waals surface area contributed by atoms with Crippen LogP contribution in [0.3, 0.4) is 0 Å². The molecule has 2 aromatic carbocycles. The Balaban J connectivity index is 2.19. The lowest BCUT2D eigenvalue weighted by atomic mass is 10.2. The van der Waals surface area contributed by atoms with Crippen LogP contribution in [0.2, 0.25) is 5.02 Å². The molecule has 0 unspecified atom stereocenters. The predicted octanol–water partition coefficient (Wildman–Crippen LogP) is 3.31. The van der Waals surface area contributed by atoms with E-state index in [1.54, 1.807) is 36.4 Å². The lowest BCUT2D eigenvalue weighted by Gasteiger charge is -2.00. The molecule has 4 nitrogen and oxygen atoms in total. The highest BCUT2D eigenvalue weighted by Gasteiger charge is 2.09. The number of hydrogen-bond donors (Lipinski definition) is 2. The smallest absolute Gasteiger partial charge is 0.227 e. The predicted molar refractivity (Wildman–Crippen MR) is 73.3 cm³/mol. The second-order valence-corrected chi connectivity index (χ2v) is 4.46. The minimum atomic E-state index is 0.478. The molecule has 0 atom stereocenters. The number of oxazole rings is 1. The first-order valence-electron chi connectivity index (χ1n) is 5.34. The van der Waals surface area contributed by atoms with Crippen molar-refractivity contribution in [2.24, 2.45) is 0 Å². The largest absolute Gasteiger partial charge is 0.436 e. The standard InChI is InChI=1S/C13H10ClN3O/c14-8-1-2-11-12(5-8)18-13(17-11)7-3-9(15)6-10(16)4-7/h1-6H,15-16H2. The van der Waals surface area contributed by atoms with Gasteiger partial charge in [0.1, 0.15) is 5.52 Å². The summed E-state index contributed by atoms with van der Waals surface area (Å²) in [6.07, 6.45) is 0. The third-order valence-corrected chi connectivity index (χ3v) is 2.81. The lowest BCUT2D eigenvalue weighted by molar-refractivity contribution is 0.620. The third kappa shape index (κ3) is 1.87. The Kier molecular flexibility index (Phi) is 2.38. The van der Waals surface area contributed by atoms with Gasteiger partial charge in [0.25, 0.3) is 0 Å². The quantitative estimate of drug-likeness (QED) is 0.657. The number of nitrogen functional groups attached to an aromatic ring is 2. The topological polar surface area (TPSA) is 78.1 Å².